The van der Waals surface area contributed by atoms with Gasteiger partial charge < -0.3 is 15.0 Å². The van der Waals surface area contributed by atoms with Crippen molar-refractivity contribution in [3.8, 4) is 0 Å². The molecule has 1 aromatic rings. The maximum Gasteiger partial charge on any atom is 0.123 e. The molecule has 0 bridgehead atoms. The number of nitrogens with one attached hydrogen (secondary N) is 1. The lowest BCUT2D eigenvalue weighted by Gasteiger charge is -2.43. The summed E-state index contributed by atoms with van der Waals surface area (Å²) in [7, 11) is 0. The molecule has 3 nitrogen and oxygen atoms in total. The van der Waals surface area contributed by atoms with E-state index in [1.807, 2.05) is 6.07 Å². The van der Waals surface area contributed by atoms with Crippen molar-refractivity contribution in [2.75, 3.05) is 38.2 Å². The number of hydrogen-bond acceptors (Lipinski definition) is 3. The Morgan fingerprint density at radius 3 is 2.71 bits per heavy atom. The van der Waals surface area contributed by atoms with Gasteiger partial charge in [0.2, 0.25) is 0 Å². The molecule has 2 fully saturated rings. The zero-order valence-corrected chi connectivity index (χ0v) is 12.4. The molecule has 1 spiro atoms. The van der Waals surface area contributed by atoms with Gasteiger partial charge in [-0.25, -0.2) is 4.39 Å². The first-order valence-corrected chi connectivity index (χ1v) is 8.13. The molecule has 0 aliphatic carbocycles. The number of ether oxygens (including phenoxy) is 1. The van der Waals surface area contributed by atoms with Gasteiger partial charge in [-0.15, -0.1) is 0 Å². The fourth-order valence-corrected chi connectivity index (χ4v) is 4.28. The van der Waals surface area contributed by atoms with Crippen molar-refractivity contribution in [1.29, 1.82) is 0 Å². The average Bonchev–Trinajstić information content (AvgIpc) is 2.87. The summed E-state index contributed by atoms with van der Waals surface area (Å²) in [6, 6.07) is 5.89. The first kappa shape index (κ1) is 13.5. The van der Waals surface area contributed by atoms with E-state index in [0.717, 1.165) is 64.2 Å². The molecular formula is C17H23FN2O. The molecule has 3 heterocycles. The van der Waals surface area contributed by atoms with E-state index in [9.17, 15) is 4.39 Å². The summed E-state index contributed by atoms with van der Waals surface area (Å²) in [5.74, 6) is -0.108. The van der Waals surface area contributed by atoms with Gasteiger partial charge in [-0.05, 0) is 62.5 Å². The highest BCUT2D eigenvalue weighted by atomic mass is 19.1. The van der Waals surface area contributed by atoms with Crippen LogP contribution in [0.4, 0.5) is 10.1 Å². The van der Waals surface area contributed by atoms with Gasteiger partial charge in [0.1, 0.15) is 5.82 Å². The summed E-state index contributed by atoms with van der Waals surface area (Å²) in [6.45, 7) is 5.03. The minimum Gasteiger partial charge on any atom is -0.384 e. The van der Waals surface area contributed by atoms with E-state index in [1.165, 1.54) is 5.56 Å². The predicted molar refractivity (Wildman–Crippen MR) is 81.2 cm³/mol. The third kappa shape index (κ3) is 2.34. The number of likely N-dealkylation sites (tertiary alicyclic amines) is 1. The molecule has 114 valence electrons. The van der Waals surface area contributed by atoms with Crippen LogP contribution in [0.1, 0.15) is 31.2 Å². The Bertz CT molecular complexity index is 520. The molecule has 0 aromatic heterocycles. The first-order chi connectivity index (χ1) is 10.3. The minimum absolute atomic E-state index is 0.108. The Hall–Kier alpha value is -1.13. The molecule has 2 saturated heterocycles. The highest BCUT2D eigenvalue weighted by molar-refractivity contribution is 5.60. The van der Waals surface area contributed by atoms with Gasteiger partial charge in [0, 0.05) is 36.9 Å². The molecule has 0 unspecified atom stereocenters. The van der Waals surface area contributed by atoms with E-state index in [2.05, 4.69) is 10.2 Å². The average molecular weight is 290 g/mol. The van der Waals surface area contributed by atoms with Gasteiger partial charge >= 0.3 is 0 Å². The maximum absolute atomic E-state index is 13.6. The highest BCUT2D eigenvalue weighted by Crippen LogP contribution is 2.44. The SMILES string of the molecule is Fc1ccc2c(c1)C1(CCN(C3CCOCC3)CC1)CN2. The van der Waals surface area contributed by atoms with Crippen molar-refractivity contribution in [3.05, 3.63) is 29.6 Å². The zero-order chi connectivity index (χ0) is 14.3. The van der Waals surface area contributed by atoms with Crippen molar-refractivity contribution >= 4 is 5.69 Å². The van der Waals surface area contributed by atoms with E-state index >= 15 is 0 Å². The van der Waals surface area contributed by atoms with Crippen molar-refractivity contribution in [3.63, 3.8) is 0 Å². The van der Waals surface area contributed by atoms with E-state index in [4.69, 9.17) is 4.74 Å². The van der Waals surface area contributed by atoms with Crippen LogP contribution in [0.25, 0.3) is 0 Å². The molecule has 0 saturated carbocycles. The Kier molecular flexibility index (Phi) is 3.38. The summed E-state index contributed by atoms with van der Waals surface area (Å²) in [6.07, 6.45) is 4.59. The topological polar surface area (TPSA) is 24.5 Å². The number of benzene rings is 1. The van der Waals surface area contributed by atoms with E-state index in [-0.39, 0.29) is 11.2 Å². The van der Waals surface area contributed by atoms with Gasteiger partial charge in [0.25, 0.3) is 0 Å². The monoisotopic (exact) mass is 290 g/mol. The lowest BCUT2D eigenvalue weighted by Crippen LogP contribution is -2.49. The Balaban J connectivity index is 1.49. The van der Waals surface area contributed by atoms with Crippen LogP contribution in [-0.2, 0) is 10.2 Å². The van der Waals surface area contributed by atoms with Crippen LogP contribution in [-0.4, -0.2) is 43.8 Å². The lowest BCUT2D eigenvalue weighted by molar-refractivity contribution is 0.0187. The molecule has 0 radical (unpaired) electrons. The molecule has 1 aromatic carbocycles. The van der Waals surface area contributed by atoms with Crippen LogP contribution in [0, 0.1) is 5.82 Å². The zero-order valence-electron chi connectivity index (χ0n) is 12.4. The van der Waals surface area contributed by atoms with Crippen LogP contribution >= 0.6 is 0 Å². The predicted octanol–water partition coefficient (Wildman–Crippen LogP) is 2.76. The maximum atomic E-state index is 13.6. The number of anilines is 1. The molecule has 4 heteroatoms. The van der Waals surface area contributed by atoms with Crippen molar-refractivity contribution in [2.45, 2.75) is 37.1 Å². The fourth-order valence-electron chi connectivity index (χ4n) is 4.28. The summed E-state index contributed by atoms with van der Waals surface area (Å²) >= 11 is 0. The smallest absolute Gasteiger partial charge is 0.123 e. The number of piperidine rings is 1. The molecule has 3 aliphatic heterocycles. The second kappa shape index (κ2) is 5.25. The van der Waals surface area contributed by atoms with Gasteiger partial charge in [0.15, 0.2) is 0 Å². The Morgan fingerprint density at radius 2 is 1.95 bits per heavy atom. The molecule has 3 aliphatic rings. The van der Waals surface area contributed by atoms with Crippen molar-refractivity contribution < 1.29 is 9.13 Å². The van der Waals surface area contributed by atoms with Crippen LogP contribution in [0.5, 0.6) is 0 Å². The van der Waals surface area contributed by atoms with E-state index in [0.29, 0.717) is 6.04 Å². The van der Waals surface area contributed by atoms with Crippen LogP contribution in [0.15, 0.2) is 18.2 Å². The standard InChI is InChI=1S/C17H23FN2O/c18-13-1-2-16-15(11-13)17(12-19-16)5-7-20(8-6-17)14-3-9-21-10-4-14/h1-2,11,14,19H,3-10,12H2. The molecular weight excluding hydrogens is 267 g/mol. The minimum atomic E-state index is -0.108. The number of nitrogens with zero attached hydrogens (tertiary/aromatic N) is 1. The number of hydrogen-bond donors (Lipinski definition) is 1. The summed E-state index contributed by atoms with van der Waals surface area (Å²) in [5, 5.41) is 3.48. The molecule has 21 heavy (non-hydrogen) atoms. The van der Waals surface area contributed by atoms with Gasteiger partial charge in [0.05, 0.1) is 0 Å². The molecule has 0 atom stereocenters. The van der Waals surface area contributed by atoms with Crippen LogP contribution in [0.2, 0.25) is 0 Å². The third-order valence-electron chi connectivity index (χ3n) is 5.63. The Morgan fingerprint density at radius 1 is 1.19 bits per heavy atom. The second-order valence-corrected chi connectivity index (χ2v) is 6.70. The number of rotatable bonds is 1. The highest BCUT2D eigenvalue weighted by Gasteiger charge is 2.42. The van der Waals surface area contributed by atoms with Crippen molar-refractivity contribution in [2.24, 2.45) is 0 Å². The van der Waals surface area contributed by atoms with Gasteiger partial charge in [-0.3, -0.25) is 0 Å². The normalized spacial score (nSPS) is 25.8. The Labute approximate surface area is 125 Å². The summed E-state index contributed by atoms with van der Waals surface area (Å²) in [5.41, 5.74) is 2.49. The molecule has 4 rings (SSSR count). The summed E-state index contributed by atoms with van der Waals surface area (Å²) < 4.78 is 19.1. The fraction of sp³-hybridized carbons (Fsp3) is 0.647. The molecule has 1 N–H and O–H groups in total. The molecule has 0 amide bonds. The van der Waals surface area contributed by atoms with Gasteiger partial charge in [-0.2, -0.15) is 0 Å². The number of fused-ring (bicyclic) bond motifs is 2. The largest absolute Gasteiger partial charge is 0.384 e. The van der Waals surface area contributed by atoms with E-state index in [1.54, 1.807) is 12.1 Å². The summed E-state index contributed by atoms with van der Waals surface area (Å²) in [4.78, 5) is 2.63. The van der Waals surface area contributed by atoms with Gasteiger partial charge in [-0.1, -0.05) is 0 Å². The number of halogens is 1. The first-order valence-electron chi connectivity index (χ1n) is 8.13. The second-order valence-electron chi connectivity index (χ2n) is 6.70. The third-order valence-corrected chi connectivity index (χ3v) is 5.63. The van der Waals surface area contributed by atoms with Crippen LogP contribution in [0.3, 0.4) is 0 Å². The quantitative estimate of drug-likeness (QED) is 0.861. The van der Waals surface area contributed by atoms with Crippen LogP contribution < -0.4 is 5.32 Å². The lowest BCUT2D eigenvalue weighted by atomic mass is 9.74. The van der Waals surface area contributed by atoms with Crippen molar-refractivity contribution in [1.82, 2.24) is 4.90 Å². The van der Waals surface area contributed by atoms with E-state index < -0.39 is 0 Å².